The van der Waals surface area contributed by atoms with E-state index in [0.717, 1.165) is 25.7 Å². The molecule has 1 aliphatic heterocycles. The Labute approximate surface area is 160 Å². The minimum Gasteiger partial charge on any atom is -0.353 e. The van der Waals surface area contributed by atoms with Gasteiger partial charge in [0.1, 0.15) is 6.29 Å². The molecule has 5 heteroatoms. The first-order valence-electron chi connectivity index (χ1n) is 10.9. The zero-order chi connectivity index (χ0) is 18.9. The van der Waals surface area contributed by atoms with Gasteiger partial charge in [0.15, 0.2) is 0 Å². The molecular formula is C21H41N3O2. The molecule has 0 aliphatic carbocycles. The number of likely N-dealkylation sites (tertiary alicyclic amines) is 1. The molecule has 0 saturated carbocycles. The quantitative estimate of drug-likeness (QED) is 0.324. The van der Waals surface area contributed by atoms with Gasteiger partial charge in [-0.25, -0.2) is 0 Å². The molecule has 26 heavy (non-hydrogen) atoms. The zero-order valence-corrected chi connectivity index (χ0v) is 16.7. The molecule has 1 atom stereocenters. The highest BCUT2D eigenvalue weighted by molar-refractivity contribution is 5.77. The first kappa shape index (κ1) is 23.1. The molecule has 1 aliphatic rings. The molecule has 1 saturated heterocycles. The average Bonchev–Trinajstić information content (AvgIpc) is 2.67. The smallest absolute Gasteiger partial charge is 0.233 e. The van der Waals surface area contributed by atoms with Crippen LogP contribution < -0.4 is 11.1 Å². The van der Waals surface area contributed by atoms with Crippen molar-refractivity contribution in [3.8, 4) is 0 Å². The molecule has 0 aromatic carbocycles. The fraction of sp³-hybridized carbons (Fsp3) is 0.905. The lowest BCUT2D eigenvalue weighted by atomic mass is 10.0. The number of aldehydes is 1. The fourth-order valence-corrected chi connectivity index (χ4v) is 3.85. The summed E-state index contributed by atoms with van der Waals surface area (Å²) in [7, 11) is 0. The number of nitrogens with one attached hydrogen (secondary N) is 1. The van der Waals surface area contributed by atoms with Crippen molar-refractivity contribution < 1.29 is 9.59 Å². The van der Waals surface area contributed by atoms with Crippen molar-refractivity contribution in [3.63, 3.8) is 0 Å². The Kier molecular flexibility index (Phi) is 14.4. The molecule has 1 heterocycles. The summed E-state index contributed by atoms with van der Waals surface area (Å²) in [5.41, 5.74) is 5.37. The lowest BCUT2D eigenvalue weighted by Crippen LogP contribution is -2.47. The van der Waals surface area contributed by atoms with Gasteiger partial charge < -0.3 is 15.8 Å². The van der Waals surface area contributed by atoms with E-state index in [-0.39, 0.29) is 12.5 Å². The van der Waals surface area contributed by atoms with Crippen LogP contribution in [0.3, 0.4) is 0 Å². The first-order valence-corrected chi connectivity index (χ1v) is 10.9. The Morgan fingerprint density at radius 1 is 0.962 bits per heavy atom. The van der Waals surface area contributed by atoms with Crippen molar-refractivity contribution in [1.82, 2.24) is 10.2 Å². The van der Waals surface area contributed by atoms with Gasteiger partial charge in [0, 0.05) is 19.0 Å². The van der Waals surface area contributed by atoms with Crippen LogP contribution in [0.2, 0.25) is 0 Å². The number of piperidine rings is 1. The number of carbonyl (C=O) groups is 2. The van der Waals surface area contributed by atoms with Gasteiger partial charge in [-0.1, -0.05) is 57.8 Å². The molecule has 1 amide bonds. The van der Waals surface area contributed by atoms with Crippen LogP contribution in [0, 0.1) is 0 Å². The minimum absolute atomic E-state index is 0.0424. The number of nitrogens with zero attached hydrogens (tertiary/aromatic N) is 1. The second-order valence-electron chi connectivity index (χ2n) is 7.68. The maximum Gasteiger partial charge on any atom is 0.233 e. The van der Waals surface area contributed by atoms with E-state index >= 15 is 0 Å². The Hall–Kier alpha value is -0.940. The molecule has 0 bridgehead atoms. The molecule has 0 aromatic rings. The SMILES string of the molecule is NCC(=O)NCC1CCCCN1CCCCCCCCCCCCC=O. The number of hydrogen-bond acceptors (Lipinski definition) is 4. The molecule has 1 unspecified atom stereocenters. The third-order valence-corrected chi connectivity index (χ3v) is 5.49. The van der Waals surface area contributed by atoms with Crippen molar-refractivity contribution in [2.75, 3.05) is 26.2 Å². The third-order valence-electron chi connectivity index (χ3n) is 5.49. The van der Waals surface area contributed by atoms with Crippen LogP contribution in [-0.4, -0.2) is 49.3 Å². The third kappa shape index (κ3) is 11.6. The number of carbonyl (C=O) groups excluding carboxylic acids is 2. The van der Waals surface area contributed by atoms with Crippen LogP contribution in [0.5, 0.6) is 0 Å². The summed E-state index contributed by atoms with van der Waals surface area (Å²) in [6.45, 7) is 3.18. The van der Waals surface area contributed by atoms with E-state index in [1.54, 1.807) is 0 Å². The van der Waals surface area contributed by atoms with Gasteiger partial charge in [-0.05, 0) is 38.8 Å². The Morgan fingerprint density at radius 3 is 2.19 bits per heavy atom. The van der Waals surface area contributed by atoms with Gasteiger partial charge in [0.05, 0.1) is 6.54 Å². The van der Waals surface area contributed by atoms with E-state index in [0.29, 0.717) is 6.04 Å². The van der Waals surface area contributed by atoms with E-state index in [9.17, 15) is 9.59 Å². The standard InChI is InChI=1S/C21H41N3O2/c22-18-21(26)23-19-20-14-10-12-16-24(20)15-11-8-6-4-2-1-3-5-7-9-13-17-25/h17,20H,1-16,18-19,22H2,(H,23,26). The number of hydrogen-bond donors (Lipinski definition) is 2. The molecule has 0 aromatic heterocycles. The normalized spacial score (nSPS) is 18.0. The first-order chi connectivity index (χ1) is 12.8. The van der Waals surface area contributed by atoms with Gasteiger partial charge in [-0.3, -0.25) is 9.69 Å². The van der Waals surface area contributed by atoms with Crippen molar-refractivity contribution in [3.05, 3.63) is 0 Å². The Morgan fingerprint density at radius 2 is 1.58 bits per heavy atom. The predicted octanol–water partition coefficient (Wildman–Crippen LogP) is 3.41. The highest BCUT2D eigenvalue weighted by Gasteiger charge is 2.21. The second kappa shape index (κ2) is 16.2. The minimum atomic E-state index is -0.0424. The van der Waals surface area contributed by atoms with Gasteiger partial charge in [0.25, 0.3) is 0 Å². The van der Waals surface area contributed by atoms with Crippen molar-refractivity contribution >= 4 is 12.2 Å². The van der Waals surface area contributed by atoms with Crippen LogP contribution in [-0.2, 0) is 9.59 Å². The summed E-state index contributed by atoms with van der Waals surface area (Å²) in [4.78, 5) is 24.2. The maximum atomic E-state index is 11.4. The van der Waals surface area contributed by atoms with Crippen molar-refractivity contribution in [2.45, 2.75) is 95.9 Å². The molecule has 0 spiro atoms. The number of amides is 1. The van der Waals surface area contributed by atoms with Crippen LogP contribution in [0.15, 0.2) is 0 Å². The molecule has 152 valence electrons. The summed E-state index contributed by atoms with van der Waals surface area (Å²) in [6.07, 6.45) is 18.4. The number of nitrogens with two attached hydrogens (primary N) is 1. The van der Waals surface area contributed by atoms with E-state index in [2.05, 4.69) is 10.2 Å². The lowest BCUT2D eigenvalue weighted by Gasteiger charge is -2.35. The predicted molar refractivity (Wildman–Crippen MR) is 108 cm³/mol. The average molecular weight is 368 g/mol. The molecular weight excluding hydrogens is 326 g/mol. The van der Waals surface area contributed by atoms with Crippen molar-refractivity contribution in [2.24, 2.45) is 5.73 Å². The fourth-order valence-electron chi connectivity index (χ4n) is 3.85. The summed E-state index contributed by atoms with van der Waals surface area (Å²) in [5, 5.41) is 2.96. The molecule has 1 rings (SSSR count). The van der Waals surface area contributed by atoms with Crippen LogP contribution in [0.4, 0.5) is 0 Å². The van der Waals surface area contributed by atoms with E-state index in [4.69, 9.17) is 5.73 Å². The number of rotatable bonds is 16. The zero-order valence-electron chi connectivity index (χ0n) is 16.7. The Balaban J connectivity index is 1.96. The molecule has 1 fully saturated rings. The summed E-state index contributed by atoms with van der Waals surface area (Å²) >= 11 is 0. The lowest BCUT2D eigenvalue weighted by molar-refractivity contribution is -0.120. The maximum absolute atomic E-state index is 11.4. The van der Waals surface area contributed by atoms with Crippen molar-refractivity contribution in [1.29, 1.82) is 0 Å². The highest BCUT2D eigenvalue weighted by Crippen LogP contribution is 2.18. The molecule has 0 radical (unpaired) electrons. The Bertz CT molecular complexity index is 363. The van der Waals surface area contributed by atoms with E-state index < -0.39 is 0 Å². The van der Waals surface area contributed by atoms with E-state index in [1.165, 1.54) is 90.1 Å². The summed E-state index contributed by atoms with van der Waals surface area (Å²) in [5.74, 6) is -0.0424. The summed E-state index contributed by atoms with van der Waals surface area (Å²) in [6, 6.07) is 0.499. The highest BCUT2D eigenvalue weighted by atomic mass is 16.1. The topological polar surface area (TPSA) is 75.4 Å². The van der Waals surface area contributed by atoms with Gasteiger partial charge in [-0.15, -0.1) is 0 Å². The molecule has 5 nitrogen and oxygen atoms in total. The van der Waals surface area contributed by atoms with Crippen LogP contribution in [0.25, 0.3) is 0 Å². The second-order valence-corrected chi connectivity index (χ2v) is 7.68. The largest absolute Gasteiger partial charge is 0.353 e. The number of unbranched alkanes of at least 4 members (excludes halogenated alkanes) is 10. The summed E-state index contributed by atoms with van der Waals surface area (Å²) < 4.78 is 0. The van der Waals surface area contributed by atoms with Gasteiger partial charge in [0.2, 0.25) is 5.91 Å². The van der Waals surface area contributed by atoms with Gasteiger partial charge in [-0.2, -0.15) is 0 Å². The van der Waals surface area contributed by atoms with Gasteiger partial charge >= 0.3 is 0 Å². The monoisotopic (exact) mass is 367 g/mol. The van der Waals surface area contributed by atoms with Crippen LogP contribution in [0.1, 0.15) is 89.9 Å². The van der Waals surface area contributed by atoms with Crippen LogP contribution >= 0.6 is 0 Å². The molecule has 3 N–H and O–H groups in total. The van der Waals surface area contributed by atoms with E-state index in [1.807, 2.05) is 0 Å².